The van der Waals surface area contributed by atoms with E-state index in [0.717, 1.165) is 40.8 Å². The second-order valence-corrected chi connectivity index (χ2v) is 9.27. The number of anilines is 1. The number of hydrogen-bond donors (Lipinski definition) is 3. The minimum atomic E-state index is -0.549. The summed E-state index contributed by atoms with van der Waals surface area (Å²) in [5, 5.41) is 15.0. The predicted molar refractivity (Wildman–Crippen MR) is 133 cm³/mol. The third kappa shape index (κ3) is 4.47. The molecule has 1 heterocycles. The van der Waals surface area contributed by atoms with Crippen molar-refractivity contribution >= 4 is 17.5 Å². The van der Waals surface area contributed by atoms with Crippen molar-refractivity contribution in [2.24, 2.45) is 0 Å². The van der Waals surface area contributed by atoms with Crippen LogP contribution in [-0.2, 0) is 10.2 Å². The molecule has 0 aromatic heterocycles. The number of fused-ring (bicyclic) bond motifs is 1. The fourth-order valence-corrected chi connectivity index (χ4v) is 4.38. The van der Waals surface area contributed by atoms with Crippen molar-refractivity contribution in [1.82, 2.24) is 5.32 Å². The predicted octanol–water partition coefficient (Wildman–Crippen LogP) is 4.17. The molecule has 0 radical (unpaired) electrons. The molecular formula is C28H28N2O5. The zero-order valence-electron chi connectivity index (χ0n) is 19.8. The van der Waals surface area contributed by atoms with Crippen LogP contribution < -0.4 is 20.1 Å². The van der Waals surface area contributed by atoms with Gasteiger partial charge in [-0.05, 0) is 85.3 Å². The fraction of sp³-hybridized carbons (Fsp3) is 0.286. The van der Waals surface area contributed by atoms with E-state index in [1.54, 1.807) is 19.1 Å². The number of rotatable bonds is 7. The molecule has 3 aromatic carbocycles. The highest BCUT2D eigenvalue weighted by molar-refractivity contribution is 6.02. The Labute approximate surface area is 204 Å². The molecule has 1 aliphatic carbocycles. The van der Waals surface area contributed by atoms with Crippen LogP contribution >= 0.6 is 0 Å². The average Bonchev–Trinajstić information content (AvgIpc) is 3.56. The molecule has 1 aliphatic heterocycles. The number of amides is 2. The van der Waals surface area contributed by atoms with Crippen LogP contribution in [0.25, 0.3) is 11.1 Å². The molecule has 7 nitrogen and oxygen atoms in total. The van der Waals surface area contributed by atoms with Crippen molar-refractivity contribution in [2.45, 2.75) is 38.1 Å². The molecule has 7 heteroatoms. The Balaban J connectivity index is 1.33. The molecule has 3 N–H and O–H groups in total. The van der Waals surface area contributed by atoms with Crippen LogP contribution in [-0.4, -0.2) is 36.4 Å². The Hall–Kier alpha value is -3.84. The van der Waals surface area contributed by atoms with Crippen molar-refractivity contribution < 1.29 is 24.2 Å². The maximum absolute atomic E-state index is 13.3. The van der Waals surface area contributed by atoms with E-state index in [0.29, 0.717) is 17.1 Å². The lowest BCUT2D eigenvalue weighted by Crippen LogP contribution is -2.34. The Bertz CT molecular complexity index is 1280. The summed E-state index contributed by atoms with van der Waals surface area (Å²) in [7, 11) is 0. The molecule has 0 unspecified atom stereocenters. The smallest absolute Gasteiger partial charge is 0.251 e. The van der Waals surface area contributed by atoms with Gasteiger partial charge in [0.15, 0.2) is 11.5 Å². The van der Waals surface area contributed by atoms with Crippen molar-refractivity contribution in [3.63, 3.8) is 0 Å². The van der Waals surface area contributed by atoms with E-state index in [2.05, 4.69) is 10.6 Å². The van der Waals surface area contributed by atoms with Crippen molar-refractivity contribution in [2.75, 3.05) is 18.7 Å². The Morgan fingerprint density at radius 1 is 1.00 bits per heavy atom. The summed E-state index contributed by atoms with van der Waals surface area (Å²) in [4.78, 5) is 25.6. The van der Waals surface area contributed by atoms with Crippen LogP contribution in [0, 0.1) is 6.92 Å². The third-order valence-electron chi connectivity index (χ3n) is 6.71. The summed E-state index contributed by atoms with van der Waals surface area (Å²) in [6.07, 6.45) is 1.57. The van der Waals surface area contributed by atoms with E-state index in [9.17, 15) is 9.59 Å². The Kier molecular flexibility index (Phi) is 5.94. The lowest BCUT2D eigenvalue weighted by Gasteiger charge is -2.17. The number of aliphatic hydroxyl groups excluding tert-OH is 1. The largest absolute Gasteiger partial charge is 0.454 e. The highest BCUT2D eigenvalue weighted by Crippen LogP contribution is 2.51. The fourth-order valence-electron chi connectivity index (χ4n) is 4.38. The highest BCUT2D eigenvalue weighted by atomic mass is 16.7. The van der Waals surface area contributed by atoms with Gasteiger partial charge < -0.3 is 25.2 Å². The minimum Gasteiger partial charge on any atom is -0.454 e. The van der Waals surface area contributed by atoms with Gasteiger partial charge in [0.1, 0.15) is 0 Å². The second-order valence-electron chi connectivity index (χ2n) is 9.27. The van der Waals surface area contributed by atoms with Crippen LogP contribution in [0.1, 0.15) is 41.3 Å². The molecule has 180 valence electrons. The van der Waals surface area contributed by atoms with Gasteiger partial charge in [0.25, 0.3) is 5.91 Å². The topological polar surface area (TPSA) is 96.9 Å². The molecule has 0 saturated heterocycles. The van der Waals surface area contributed by atoms with Gasteiger partial charge in [-0.15, -0.1) is 0 Å². The first-order valence-corrected chi connectivity index (χ1v) is 11.7. The third-order valence-corrected chi connectivity index (χ3v) is 6.71. The van der Waals surface area contributed by atoms with Crippen LogP contribution in [0.3, 0.4) is 0 Å². The lowest BCUT2D eigenvalue weighted by atomic mass is 9.94. The number of carbonyl (C=O) groups excluding carboxylic acids is 2. The first-order chi connectivity index (χ1) is 16.9. The number of carbonyl (C=O) groups is 2. The van der Waals surface area contributed by atoms with Gasteiger partial charge >= 0.3 is 0 Å². The second kappa shape index (κ2) is 9.07. The minimum absolute atomic E-state index is 0.0313. The van der Waals surface area contributed by atoms with Crippen molar-refractivity contribution in [3.8, 4) is 22.6 Å². The molecule has 1 fully saturated rings. The lowest BCUT2D eigenvalue weighted by molar-refractivity contribution is -0.118. The molecule has 1 atom stereocenters. The number of ether oxygens (including phenoxy) is 2. The first kappa shape index (κ1) is 22.9. The van der Waals surface area contributed by atoms with E-state index in [1.807, 2.05) is 55.5 Å². The molecule has 3 aromatic rings. The van der Waals surface area contributed by atoms with Crippen LogP contribution in [0.4, 0.5) is 5.69 Å². The number of nitrogens with one attached hydrogen (secondary N) is 2. The van der Waals surface area contributed by atoms with E-state index in [1.165, 1.54) is 0 Å². The van der Waals surface area contributed by atoms with Gasteiger partial charge in [-0.2, -0.15) is 0 Å². The van der Waals surface area contributed by atoms with E-state index >= 15 is 0 Å². The molecule has 35 heavy (non-hydrogen) atoms. The molecule has 0 bridgehead atoms. The van der Waals surface area contributed by atoms with E-state index in [4.69, 9.17) is 14.6 Å². The zero-order chi connectivity index (χ0) is 24.6. The van der Waals surface area contributed by atoms with Crippen molar-refractivity contribution in [1.29, 1.82) is 0 Å². The maximum Gasteiger partial charge on any atom is 0.251 e. The van der Waals surface area contributed by atoms with Gasteiger partial charge in [0.2, 0.25) is 12.7 Å². The number of hydrogen-bond acceptors (Lipinski definition) is 5. The first-order valence-electron chi connectivity index (χ1n) is 11.7. The van der Waals surface area contributed by atoms with Gasteiger partial charge in [-0.3, -0.25) is 9.59 Å². The van der Waals surface area contributed by atoms with Gasteiger partial charge in [0, 0.05) is 17.3 Å². The van der Waals surface area contributed by atoms with Crippen LogP contribution in [0.2, 0.25) is 0 Å². The Morgan fingerprint density at radius 3 is 2.46 bits per heavy atom. The standard InChI is InChI=1S/C28H28N2O5/c1-17-3-9-22(14-23(17)19-4-6-20(7-5-19)26(32)29-18(2)15-31)30-27(33)28(11-12-28)21-8-10-24-25(13-21)35-16-34-24/h3-10,13-14,18,31H,11-12,15-16H2,1-2H3,(H,29,32)(H,30,33)/t18-/m0/s1. The van der Waals surface area contributed by atoms with Gasteiger partial charge in [0.05, 0.1) is 12.0 Å². The van der Waals surface area contributed by atoms with E-state index < -0.39 is 5.41 Å². The molecule has 1 saturated carbocycles. The number of benzene rings is 3. The monoisotopic (exact) mass is 472 g/mol. The summed E-state index contributed by atoms with van der Waals surface area (Å²) in [5.74, 6) is 1.13. The summed E-state index contributed by atoms with van der Waals surface area (Å²) in [6.45, 7) is 3.85. The number of aryl methyl sites for hydroxylation is 1. The van der Waals surface area contributed by atoms with Gasteiger partial charge in [-0.1, -0.05) is 24.3 Å². The molecule has 2 aliphatic rings. The Morgan fingerprint density at radius 2 is 1.74 bits per heavy atom. The maximum atomic E-state index is 13.3. The molecule has 2 amide bonds. The summed E-state index contributed by atoms with van der Waals surface area (Å²) in [5.41, 5.74) is 4.62. The van der Waals surface area contributed by atoms with Crippen LogP contribution in [0.15, 0.2) is 60.7 Å². The summed E-state index contributed by atoms with van der Waals surface area (Å²) in [6, 6.07) is 18.6. The normalized spacial score (nSPS) is 15.9. The van der Waals surface area contributed by atoms with Gasteiger partial charge in [-0.25, -0.2) is 0 Å². The average molecular weight is 473 g/mol. The van der Waals surface area contributed by atoms with Crippen LogP contribution in [0.5, 0.6) is 11.5 Å². The van der Waals surface area contributed by atoms with Crippen molar-refractivity contribution in [3.05, 3.63) is 77.4 Å². The molecule has 5 rings (SSSR count). The quantitative estimate of drug-likeness (QED) is 0.480. The summed E-state index contributed by atoms with van der Waals surface area (Å²) >= 11 is 0. The zero-order valence-corrected chi connectivity index (χ0v) is 19.8. The molecule has 0 spiro atoms. The SMILES string of the molecule is Cc1ccc(NC(=O)C2(c3ccc4c(c3)OCO4)CC2)cc1-c1ccc(C(=O)N[C@@H](C)CO)cc1. The number of aliphatic hydroxyl groups is 1. The highest BCUT2D eigenvalue weighted by Gasteiger charge is 2.51. The van der Waals surface area contributed by atoms with E-state index in [-0.39, 0.29) is 31.3 Å². The molecular weight excluding hydrogens is 444 g/mol. The summed E-state index contributed by atoms with van der Waals surface area (Å²) < 4.78 is 10.9.